The van der Waals surface area contributed by atoms with Crippen LogP contribution < -0.4 is 11.0 Å². The van der Waals surface area contributed by atoms with Gasteiger partial charge in [-0.15, -0.1) is 5.10 Å². The Morgan fingerprint density at radius 2 is 1.79 bits per heavy atom. The zero-order valence-electron chi connectivity index (χ0n) is 17.2. The molecule has 0 aliphatic heterocycles. The maximum Gasteiger partial charge on any atom is 0.411 e. The Morgan fingerprint density at radius 3 is 2.52 bits per heavy atom. The van der Waals surface area contributed by atoms with Crippen LogP contribution in [0.3, 0.4) is 0 Å². The summed E-state index contributed by atoms with van der Waals surface area (Å²) in [4.78, 5) is 25.0. The van der Waals surface area contributed by atoms with Crippen molar-refractivity contribution in [3.05, 3.63) is 100 Å². The zero-order chi connectivity index (χ0) is 23.4. The molecule has 0 radical (unpaired) electrons. The number of nitrogens with zero attached hydrogens (tertiary/aromatic N) is 3. The molecule has 2 aromatic carbocycles. The molecule has 2 aromatic heterocycles. The third-order valence-corrected chi connectivity index (χ3v) is 4.76. The van der Waals surface area contributed by atoms with E-state index in [4.69, 9.17) is 0 Å². The lowest BCUT2D eigenvalue weighted by atomic mass is 10.1. The molecule has 170 valence electrons. The van der Waals surface area contributed by atoms with Crippen LogP contribution in [0.2, 0.25) is 0 Å². The standard InChI is InChI=1S/C23H19F3N4O3/c24-23(25,26)15-33-14-16-7-9-18(10-8-16)21(31)27-19-5-3-4-17(12-19)13-30-22(32)29-11-2-1-6-20(29)28-30/h1-12H,13-15H2,(H,27,31). The van der Waals surface area contributed by atoms with Gasteiger partial charge in [0.2, 0.25) is 0 Å². The number of carbonyl (C=O) groups excluding carboxylic acids is 1. The second-order valence-corrected chi connectivity index (χ2v) is 7.33. The van der Waals surface area contributed by atoms with Gasteiger partial charge in [-0.1, -0.05) is 30.3 Å². The summed E-state index contributed by atoms with van der Waals surface area (Å²) in [7, 11) is 0. The molecule has 0 atom stereocenters. The third kappa shape index (κ3) is 5.66. The van der Waals surface area contributed by atoms with Crippen LogP contribution in [0.25, 0.3) is 5.65 Å². The number of carbonyl (C=O) groups is 1. The number of hydrogen-bond acceptors (Lipinski definition) is 4. The molecule has 1 N–H and O–H groups in total. The average Bonchev–Trinajstić information content (AvgIpc) is 3.09. The summed E-state index contributed by atoms with van der Waals surface area (Å²) < 4.78 is 43.9. The summed E-state index contributed by atoms with van der Waals surface area (Å²) in [6.45, 7) is -1.30. The molecule has 4 rings (SSSR count). The maximum atomic E-state index is 12.6. The molecule has 0 bridgehead atoms. The predicted molar refractivity (Wildman–Crippen MR) is 115 cm³/mol. The molecule has 2 heterocycles. The number of ether oxygens (including phenoxy) is 1. The van der Waals surface area contributed by atoms with E-state index < -0.39 is 12.8 Å². The highest BCUT2D eigenvalue weighted by Gasteiger charge is 2.27. The number of benzene rings is 2. The van der Waals surface area contributed by atoms with Crippen molar-refractivity contribution in [1.29, 1.82) is 0 Å². The van der Waals surface area contributed by atoms with Gasteiger partial charge in [-0.05, 0) is 47.5 Å². The normalized spacial score (nSPS) is 11.6. The quantitative estimate of drug-likeness (QED) is 0.458. The van der Waals surface area contributed by atoms with Gasteiger partial charge in [-0.2, -0.15) is 13.2 Å². The van der Waals surface area contributed by atoms with Crippen molar-refractivity contribution in [1.82, 2.24) is 14.2 Å². The van der Waals surface area contributed by atoms with Crippen LogP contribution >= 0.6 is 0 Å². The molecular formula is C23H19F3N4O3. The van der Waals surface area contributed by atoms with Crippen molar-refractivity contribution in [2.75, 3.05) is 11.9 Å². The van der Waals surface area contributed by atoms with Crippen LogP contribution in [-0.4, -0.2) is 32.9 Å². The van der Waals surface area contributed by atoms with Crippen molar-refractivity contribution < 1.29 is 22.7 Å². The molecule has 0 fully saturated rings. The van der Waals surface area contributed by atoms with Crippen molar-refractivity contribution in [3.8, 4) is 0 Å². The molecule has 1 amide bonds. The first-order valence-electron chi connectivity index (χ1n) is 9.96. The number of hydrogen-bond donors (Lipinski definition) is 1. The molecule has 33 heavy (non-hydrogen) atoms. The smallest absolute Gasteiger partial charge is 0.367 e. The Balaban J connectivity index is 1.40. The van der Waals surface area contributed by atoms with E-state index in [2.05, 4.69) is 15.2 Å². The number of pyridine rings is 1. The number of fused-ring (bicyclic) bond motifs is 1. The van der Waals surface area contributed by atoms with E-state index in [1.165, 1.54) is 33.3 Å². The van der Waals surface area contributed by atoms with E-state index in [1.807, 2.05) is 6.07 Å². The minimum absolute atomic E-state index is 0.202. The summed E-state index contributed by atoms with van der Waals surface area (Å²) >= 11 is 0. The number of aromatic nitrogens is 3. The number of nitrogens with one attached hydrogen (secondary N) is 1. The SMILES string of the molecule is O=C(Nc1cccc(Cn2nc3ccccn3c2=O)c1)c1ccc(COCC(F)(F)F)cc1. The maximum absolute atomic E-state index is 12.6. The van der Waals surface area contributed by atoms with E-state index in [1.54, 1.807) is 42.6 Å². The molecule has 0 unspecified atom stereocenters. The highest BCUT2D eigenvalue weighted by molar-refractivity contribution is 6.04. The number of halogens is 3. The summed E-state index contributed by atoms with van der Waals surface area (Å²) in [5.41, 5.74) is 2.45. The third-order valence-electron chi connectivity index (χ3n) is 4.76. The van der Waals surface area contributed by atoms with Gasteiger partial charge in [0.15, 0.2) is 5.65 Å². The van der Waals surface area contributed by atoms with Crippen LogP contribution in [0.15, 0.2) is 77.7 Å². The monoisotopic (exact) mass is 456 g/mol. The van der Waals surface area contributed by atoms with Crippen molar-refractivity contribution in [2.24, 2.45) is 0 Å². The predicted octanol–water partition coefficient (Wildman–Crippen LogP) is 3.88. The molecule has 0 saturated heterocycles. The molecular weight excluding hydrogens is 437 g/mol. The fraction of sp³-hybridized carbons (Fsp3) is 0.174. The first-order chi connectivity index (χ1) is 15.8. The van der Waals surface area contributed by atoms with E-state index in [0.29, 0.717) is 22.5 Å². The van der Waals surface area contributed by atoms with Gasteiger partial charge < -0.3 is 10.1 Å². The average molecular weight is 456 g/mol. The number of amides is 1. The number of rotatable bonds is 7. The Kier molecular flexibility index (Phi) is 6.27. The largest absolute Gasteiger partial charge is 0.411 e. The van der Waals surface area contributed by atoms with Gasteiger partial charge >= 0.3 is 11.9 Å². The first kappa shape index (κ1) is 22.3. The number of anilines is 1. The summed E-state index contributed by atoms with van der Waals surface area (Å²) in [6.07, 6.45) is -2.74. The second-order valence-electron chi connectivity index (χ2n) is 7.33. The Hall–Kier alpha value is -3.92. The van der Waals surface area contributed by atoms with Crippen molar-refractivity contribution in [3.63, 3.8) is 0 Å². The molecule has 10 heteroatoms. The van der Waals surface area contributed by atoms with Crippen molar-refractivity contribution in [2.45, 2.75) is 19.3 Å². The van der Waals surface area contributed by atoms with Crippen LogP contribution in [0.4, 0.5) is 18.9 Å². The fourth-order valence-corrected chi connectivity index (χ4v) is 3.23. The summed E-state index contributed by atoms with van der Waals surface area (Å²) in [5, 5.41) is 7.07. The topological polar surface area (TPSA) is 77.6 Å². The molecule has 0 aliphatic rings. The van der Waals surface area contributed by atoms with Gasteiger partial charge in [-0.3, -0.25) is 9.20 Å². The van der Waals surface area contributed by atoms with Gasteiger partial charge in [0.05, 0.1) is 13.2 Å². The second kappa shape index (κ2) is 9.29. The van der Waals surface area contributed by atoms with Gasteiger partial charge in [0.1, 0.15) is 6.61 Å². The number of alkyl halides is 3. The summed E-state index contributed by atoms with van der Waals surface area (Å²) in [5.74, 6) is -0.375. The zero-order valence-corrected chi connectivity index (χ0v) is 17.2. The lowest BCUT2D eigenvalue weighted by Crippen LogP contribution is -2.21. The van der Waals surface area contributed by atoms with E-state index >= 15 is 0 Å². The van der Waals surface area contributed by atoms with E-state index in [-0.39, 0.29) is 24.7 Å². The molecule has 0 aliphatic carbocycles. The minimum atomic E-state index is -4.38. The first-order valence-corrected chi connectivity index (χ1v) is 9.96. The van der Waals surface area contributed by atoms with Crippen LogP contribution in [0, 0.1) is 0 Å². The lowest BCUT2D eigenvalue weighted by molar-refractivity contribution is -0.176. The highest BCUT2D eigenvalue weighted by Crippen LogP contribution is 2.17. The van der Waals surface area contributed by atoms with E-state index in [9.17, 15) is 22.8 Å². The van der Waals surface area contributed by atoms with Gasteiger partial charge in [-0.25, -0.2) is 9.48 Å². The molecule has 0 saturated carbocycles. The highest BCUT2D eigenvalue weighted by atomic mass is 19.4. The molecule has 7 nitrogen and oxygen atoms in total. The Labute approximate surface area is 186 Å². The van der Waals surface area contributed by atoms with Crippen LogP contribution in [0.5, 0.6) is 0 Å². The fourth-order valence-electron chi connectivity index (χ4n) is 3.23. The van der Waals surface area contributed by atoms with E-state index in [0.717, 1.165) is 5.56 Å². The van der Waals surface area contributed by atoms with Crippen LogP contribution in [0.1, 0.15) is 21.5 Å². The Morgan fingerprint density at radius 1 is 1.00 bits per heavy atom. The minimum Gasteiger partial charge on any atom is -0.367 e. The summed E-state index contributed by atoms with van der Waals surface area (Å²) in [6, 6.07) is 18.4. The Bertz CT molecular complexity index is 1330. The van der Waals surface area contributed by atoms with Gasteiger partial charge in [0, 0.05) is 17.4 Å². The van der Waals surface area contributed by atoms with Gasteiger partial charge in [0.25, 0.3) is 5.91 Å². The lowest BCUT2D eigenvalue weighted by Gasteiger charge is -2.09. The molecule has 0 spiro atoms. The molecule has 4 aromatic rings. The van der Waals surface area contributed by atoms with Crippen LogP contribution in [-0.2, 0) is 17.9 Å². The van der Waals surface area contributed by atoms with Crippen molar-refractivity contribution >= 4 is 17.2 Å².